The summed E-state index contributed by atoms with van der Waals surface area (Å²) in [6.07, 6.45) is 14.6. The molecule has 6 rings (SSSR count). The van der Waals surface area contributed by atoms with E-state index in [1.165, 1.54) is 69.6 Å². The lowest BCUT2D eigenvalue weighted by atomic mass is 9.57. The molecule has 1 aromatic rings. The first-order chi connectivity index (χ1) is 18.8. The van der Waals surface area contributed by atoms with E-state index in [1.54, 1.807) is 0 Å². The lowest BCUT2D eigenvalue weighted by molar-refractivity contribution is -0.136. The number of halogens is 2. The summed E-state index contributed by atoms with van der Waals surface area (Å²) in [5.41, 5.74) is 0.360. The standard InChI is InChI=1S/C31H45ClFN3O3/c1-31(22-7-5-3-2-4-6-8-22)11-12-34-23(17-31)18-35-30(38)25-16-28(21-13-20(25)14-21)36-29(37)19-39-24-9-10-26(32)27(33)15-24/h9-10,15,20-23,25,28,34H,2-8,11-14,16-19H2,1H3,(H,35,38)(H,36,37)/t20?,21?,23?,25?,28-,31?/m0/s1. The monoisotopic (exact) mass is 561 g/mol. The number of hydrogen-bond donors (Lipinski definition) is 3. The minimum Gasteiger partial charge on any atom is -0.484 e. The molecule has 5 fully saturated rings. The minimum atomic E-state index is -0.580. The van der Waals surface area contributed by atoms with Crippen LogP contribution in [0.15, 0.2) is 18.2 Å². The van der Waals surface area contributed by atoms with Gasteiger partial charge < -0.3 is 20.7 Å². The van der Waals surface area contributed by atoms with Crippen LogP contribution in [-0.4, -0.2) is 43.6 Å². The van der Waals surface area contributed by atoms with Crippen LogP contribution in [-0.2, 0) is 9.59 Å². The number of ether oxygens (including phenoxy) is 1. The SMILES string of the molecule is CC1(C2CCCCCCC2)CCNC(CNC(=O)C2C[C@H](NC(=O)COc3ccc(Cl)c(F)c3)C3CC2C3)C1. The Labute approximate surface area is 237 Å². The second kappa shape index (κ2) is 12.8. The van der Waals surface area contributed by atoms with Gasteiger partial charge in [-0.3, -0.25) is 9.59 Å². The molecular weight excluding hydrogens is 517 g/mol. The third-order valence-corrected chi connectivity index (χ3v) is 10.6. The van der Waals surface area contributed by atoms with Crippen LogP contribution >= 0.6 is 11.6 Å². The van der Waals surface area contributed by atoms with Gasteiger partial charge in [-0.25, -0.2) is 4.39 Å². The molecule has 2 bridgehead atoms. The van der Waals surface area contributed by atoms with Crippen LogP contribution in [0, 0.1) is 34.9 Å². The lowest BCUT2D eigenvalue weighted by Gasteiger charge is -2.51. The molecule has 1 saturated heterocycles. The van der Waals surface area contributed by atoms with Crippen molar-refractivity contribution in [2.45, 2.75) is 96.1 Å². The summed E-state index contributed by atoms with van der Waals surface area (Å²) >= 11 is 5.71. The van der Waals surface area contributed by atoms with Crippen molar-refractivity contribution in [2.24, 2.45) is 29.1 Å². The van der Waals surface area contributed by atoms with Crippen molar-refractivity contribution >= 4 is 23.4 Å². The molecule has 3 unspecified atom stereocenters. The Kier molecular flexibility index (Phi) is 9.38. The summed E-state index contributed by atoms with van der Waals surface area (Å²) in [5.74, 6) is 1.13. The van der Waals surface area contributed by atoms with Gasteiger partial charge in [0, 0.05) is 30.6 Å². The molecule has 216 valence electrons. The first-order valence-electron chi connectivity index (χ1n) is 15.2. The Hall–Kier alpha value is -1.86. The van der Waals surface area contributed by atoms with Crippen LogP contribution in [0.3, 0.4) is 0 Å². The number of carbonyl (C=O) groups is 2. The summed E-state index contributed by atoms with van der Waals surface area (Å²) in [4.78, 5) is 25.9. The van der Waals surface area contributed by atoms with Crippen LogP contribution in [0.4, 0.5) is 4.39 Å². The van der Waals surface area contributed by atoms with Gasteiger partial charge in [0.05, 0.1) is 5.02 Å². The number of piperidine rings is 1. The van der Waals surface area contributed by atoms with Crippen molar-refractivity contribution < 1.29 is 18.7 Å². The Morgan fingerprint density at radius 2 is 1.85 bits per heavy atom. The first kappa shape index (κ1) is 28.7. The third kappa shape index (κ3) is 7.08. The summed E-state index contributed by atoms with van der Waals surface area (Å²) in [6.45, 7) is 4.00. The topological polar surface area (TPSA) is 79.5 Å². The molecule has 4 atom stereocenters. The van der Waals surface area contributed by atoms with Crippen molar-refractivity contribution in [1.82, 2.24) is 16.0 Å². The van der Waals surface area contributed by atoms with Gasteiger partial charge in [-0.2, -0.15) is 0 Å². The largest absolute Gasteiger partial charge is 0.484 e. The number of fused-ring (bicyclic) bond motifs is 2. The van der Waals surface area contributed by atoms with E-state index in [2.05, 4.69) is 22.9 Å². The molecule has 6 nitrogen and oxygen atoms in total. The highest BCUT2D eigenvalue weighted by atomic mass is 35.5. The maximum absolute atomic E-state index is 13.6. The third-order valence-electron chi connectivity index (χ3n) is 10.3. The highest BCUT2D eigenvalue weighted by Gasteiger charge is 2.49. The average Bonchev–Trinajstić information content (AvgIpc) is 2.87. The van der Waals surface area contributed by atoms with Gasteiger partial charge in [-0.1, -0.05) is 50.6 Å². The molecule has 2 amide bonds. The average molecular weight is 562 g/mol. The van der Waals surface area contributed by atoms with E-state index in [9.17, 15) is 14.0 Å². The molecular formula is C31H45ClFN3O3. The van der Waals surface area contributed by atoms with Crippen molar-refractivity contribution in [2.75, 3.05) is 19.7 Å². The van der Waals surface area contributed by atoms with E-state index in [0.717, 1.165) is 31.7 Å². The maximum atomic E-state index is 13.6. The number of benzene rings is 1. The molecule has 0 spiro atoms. The van der Waals surface area contributed by atoms with Crippen LogP contribution in [0.2, 0.25) is 5.02 Å². The Balaban J connectivity index is 1.08. The molecule has 39 heavy (non-hydrogen) atoms. The molecule has 8 heteroatoms. The number of nitrogens with one attached hydrogen (secondary N) is 3. The van der Waals surface area contributed by atoms with E-state index in [4.69, 9.17) is 16.3 Å². The van der Waals surface area contributed by atoms with Crippen LogP contribution in [0.25, 0.3) is 0 Å². The van der Waals surface area contributed by atoms with Crippen molar-refractivity contribution in [1.29, 1.82) is 0 Å². The van der Waals surface area contributed by atoms with Crippen molar-refractivity contribution in [3.63, 3.8) is 0 Å². The molecule has 1 heterocycles. The summed E-state index contributed by atoms with van der Waals surface area (Å²) in [7, 11) is 0. The summed E-state index contributed by atoms with van der Waals surface area (Å²) in [5, 5.41) is 10.0. The summed E-state index contributed by atoms with van der Waals surface area (Å²) in [6, 6.07) is 4.41. The zero-order valence-corrected chi connectivity index (χ0v) is 24.0. The smallest absolute Gasteiger partial charge is 0.258 e. The Morgan fingerprint density at radius 1 is 1.10 bits per heavy atom. The number of amides is 2. The first-order valence-corrected chi connectivity index (χ1v) is 15.6. The molecule has 1 aliphatic heterocycles. The fourth-order valence-corrected chi connectivity index (χ4v) is 7.93. The van der Waals surface area contributed by atoms with Gasteiger partial charge in [0.1, 0.15) is 11.6 Å². The number of hydrogen-bond acceptors (Lipinski definition) is 4. The van der Waals surface area contributed by atoms with Gasteiger partial charge in [0.2, 0.25) is 5.91 Å². The minimum absolute atomic E-state index is 0.0150. The lowest BCUT2D eigenvalue weighted by Crippen LogP contribution is -2.58. The van der Waals surface area contributed by atoms with E-state index >= 15 is 0 Å². The molecule has 4 aliphatic carbocycles. The number of carbonyl (C=O) groups excluding carboxylic acids is 2. The van der Waals surface area contributed by atoms with Gasteiger partial charge in [-0.05, 0) is 86.8 Å². The van der Waals surface area contributed by atoms with E-state index in [-0.39, 0.29) is 41.2 Å². The molecule has 0 radical (unpaired) electrons. The van der Waals surface area contributed by atoms with Crippen LogP contribution < -0.4 is 20.7 Å². The highest BCUT2D eigenvalue weighted by Crippen LogP contribution is 2.49. The van der Waals surface area contributed by atoms with Gasteiger partial charge >= 0.3 is 0 Å². The van der Waals surface area contributed by atoms with Crippen LogP contribution in [0.1, 0.15) is 84.0 Å². The van der Waals surface area contributed by atoms with Crippen LogP contribution in [0.5, 0.6) is 5.75 Å². The quantitative estimate of drug-likeness (QED) is 0.385. The van der Waals surface area contributed by atoms with Crippen molar-refractivity contribution in [3.8, 4) is 5.75 Å². The van der Waals surface area contributed by atoms with Crippen molar-refractivity contribution in [3.05, 3.63) is 29.0 Å². The molecule has 0 aromatic heterocycles. The van der Waals surface area contributed by atoms with Gasteiger partial charge in [0.15, 0.2) is 6.61 Å². The fraction of sp³-hybridized carbons (Fsp3) is 0.742. The normalized spacial score (nSPS) is 33.3. The molecule has 1 aromatic carbocycles. The predicted octanol–water partition coefficient (Wildman–Crippen LogP) is 5.62. The second-order valence-corrected chi connectivity index (χ2v) is 13.3. The highest BCUT2D eigenvalue weighted by molar-refractivity contribution is 6.30. The fourth-order valence-electron chi connectivity index (χ4n) is 7.81. The molecule has 5 aliphatic rings. The predicted molar refractivity (Wildman–Crippen MR) is 151 cm³/mol. The Bertz CT molecular complexity index is 1010. The second-order valence-electron chi connectivity index (χ2n) is 12.9. The van der Waals surface area contributed by atoms with E-state index < -0.39 is 5.82 Å². The zero-order valence-electron chi connectivity index (χ0n) is 23.3. The molecule has 4 saturated carbocycles. The Morgan fingerprint density at radius 3 is 2.59 bits per heavy atom. The zero-order chi connectivity index (χ0) is 27.4. The number of rotatable bonds is 8. The van der Waals surface area contributed by atoms with E-state index in [1.807, 2.05) is 0 Å². The molecule has 3 N–H and O–H groups in total. The van der Waals surface area contributed by atoms with Gasteiger partial charge in [-0.15, -0.1) is 0 Å². The summed E-state index contributed by atoms with van der Waals surface area (Å²) < 4.78 is 19.1. The maximum Gasteiger partial charge on any atom is 0.258 e. The van der Waals surface area contributed by atoms with Gasteiger partial charge in [0.25, 0.3) is 5.91 Å². The van der Waals surface area contributed by atoms with E-state index in [0.29, 0.717) is 36.3 Å².